The van der Waals surface area contributed by atoms with Gasteiger partial charge in [0, 0.05) is 17.3 Å². The summed E-state index contributed by atoms with van der Waals surface area (Å²) in [4.78, 5) is 26.1. The normalized spacial score (nSPS) is 24.6. The lowest BCUT2D eigenvalue weighted by Crippen LogP contribution is -2.48. The minimum absolute atomic E-state index is 0.0201. The van der Waals surface area contributed by atoms with Crippen LogP contribution in [0.3, 0.4) is 0 Å². The number of likely N-dealkylation sites (tertiary alicyclic amines) is 1. The van der Waals surface area contributed by atoms with Crippen LogP contribution in [0.15, 0.2) is 17.5 Å². The van der Waals surface area contributed by atoms with E-state index in [0.717, 1.165) is 4.88 Å². The molecule has 1 saturated heterocycles. The third kappa shape index (κ3) is 2.27. The van der Waals surface area contributed by atoms with E-state index in [2.05, 4.69) is 0 Å². The van der Waals surface area contributed by atoms with Gasteiger partial charge in [-0.3, -0.25) is 9.59 Å². The first-order valence-electron chi connectivity index (χ1n) is 6.09. The first kappa shape index (κ1) is 13.1. The molecular weight excluding hydrogens is 250 g/mol. The van der Waals surface area contributed by atoms with Crippen LogP contribution in [0.4, 0.5) is 0 Å². The van der Waals surface area contributed by atoms with Crippen LogP contribution in [0.25, 0.3) is 0 Å². The van der Waals surface area contributed by atoms with Gasteiger partial charge in [0.2, 0.25) is 5.91 Å². The van der Waals surface area contributed by atoms with Gasteiger partial charge in [-0.25, -0.2) is 0 Å². The van der Waals surface area contributed by atoms with Crippen LogP contribution in [-0.2, 0) is 9.59 Å². The van der Waals surface area contributed by atoms with Crippen LogP contribution in [-0.4, -0.2) is 27.9 Å². The third-order valence-electron chi connectivity index (χ3n) is 3.35. The summed E-state index contributed by atoms with van der Waals surface area (Å²) in [5, 5.41) is 11.3. The van der Waals surface area contributed by atoms with E-state index < -0.39 is 11.9 Å². The topological polar surface area (TPSA) is 57.6 Å². The van der Waals surface area contributed by atoms with Gasteiger partial charge in [0.15, 0.2) is 0 Å². The molecule has 0 spiro atoms. The molecule has 1 aromatic rings. The quantitative estimate of drug-likeness (QED) is 0.915. The van der Waals surface area contributed by atoms with Crippen molar-refractivity contribution in [2.24, 2.45) is 5.92 Å². The van der Waals surface area contributed by atoms with Crippen molar-refractivity contribution >= 4 is 23.2 Å². The van der Waals surface area contributed by atoms with E-state index in [9.17, 15) is 14.7 Å². The molecule has 2 unspecified atom stereocenters. The zero-order chi connectivity index (χ0) is 13.3. The molecule has 0 bridgehead atoms. The molecule has 2 atom stereocenters. The highest BCUT2D eigenvalue weighted by atomic mass is 32.1. The molecule has 18 heavy (non-hydrogen) atoms. The summed E-state index contributed by atoms with van der Waals surface area (Å²) in [5.41, 5.74) is 0. The number of piperidine rings is 1. The summed E-state index contributed by atoms with van der Waals surface area (Å²) in [6.45, 7) is 3.87. The Balaban J connectivity index is 2.41. The van der Waals surface area contributed by atoms with E-state index >= 15 is 0 Å². The number of hydrogen-bond acceptors (Lipinski definition) is 3. The molecule has 1 amide bonds. The third-order valence-corrected chi connectivity index (χ3v) is 4.29. The number of carbonyl (C=O) groups excluding carboxylic acids is 1. The molecule has 5 heteroatoms. The highest BCUT2D eigenvalue weighted by molar-refractivity contribution is 7.10. The number of carbonyl (C=O) groups is 2. The summed E-state index contributed by atoms with van der Waals surface area (Å²) in [6, 6.07) is 3.52. The molecule has 2 rings (SSSR count). The Kier molecular flexibility index (Phi) is 3.71. The van der Waals surface area contributed by atoms with E-state index in [-0.39, 0.29) is 18.0 Å². The molecule has 1 aliphatic rings. The van der Waals surface area contributed by atoms with Crippen LogP contribution < -0.4 is 0 Å². The maximum absolute atomic E-state index is 12.0. The summed E-state index contributed by atoms with van der Waals surface area (Å²) in [5.74, 6) is -1.25. The molecule has 0 radical (unpaired) electrons. The number of rotatable bonds is 3. The van der Waals surface area contributed by atoms with Crippen LogP contribution in [0.1, 0.15) is 37.6 Å². The van der Waals surface area contributed by atoms with Crippen molar-refractivity contribution in [3.8, 4) is 0 Å². The molecule has 1 fully saturated rings. The molecular formula is C13H17NO3S. The average molecular weight is 267 g/mol. The second-order valence-corrected chi connectivity index (χ2v) is 5.82. The number of carboxylic acids is 1. The Bertz CT molecular complexity index is 441. The number of nitrogens with zero attached hydrogens (tertiary/aromatic N) is 1. The van der Waals surface area contributed by atoms with Gasteiger partial charge in [0.05, 0.1) is 12.0 Å². The summed E-state index contributed by atoms with van der Waals surface area (Å²) in [6.07, 6.45) is 0.761. The Morgan fingerprint density at radius 3 is 2.78 bits per heavy atom. The smallest absolute Gasteiger partial charge is 0.308 e. The van der Waals surface area contributed by atoms with Crippen molar-refractivity contribution in [3.05, 3.63) is 22.4 Å². The average Bonchev–Trinajstić information content (AvgIpc) is 2.80. The predicted octanol–water partition coefficient (Wildman–Crippen LogP) is 2.52. The second-order valence-electron chi connectivity index (χ2n) is 4.84. The van der Waals surface area contributed by atoms with Gasteiger partial charge in [-0.2, -0.15) is 0 Å². The Morgan fingerprint density at radius 1 is 1.56 bits per heavy atom. The largest absolute Gasteiger partial charge is 0.481 e. The van der Waals surface area contributed by atoms with Crippen molar-refractivity contribution in [3.63, 3.8) is 0 Å². The van der Waals surface area contributed by atoms with Crippen molar-refractivity contribution in [2.45, 2.75) is 38.8 Å². The first-order chi connectivity index (χ1) is 8.52. The molecule has 2 heterocycles. The Hall–Kier alpha value is -1.36. The number of hydrogen-bond donors (Lipinski definition) is 1. The predicted molar refractivity (Wildman–Crippen MR) is 69.4 cm³/mol. The lowest BCUT2D eigenvalue weighted by atomic mass is 9.87. The standard InChI is InChI=1S/C13H17NO3S/c1-8(2)14-11(15)6-5-9(13(16)17)12(14)10-4-3-7-18-10/h3-4,7-9,12H,5-6H2,1-2H3,(H,16,17). The zero-order valence-corrected chi connectivity index (χ0v) is 11.3. The molecule has 0 aliphatic carbocycles. The lowest BCUT2D eigenvalue weighted by Gasteiger charge is -2.41. The van der Waals surface area contributed by atoms with Crippen LogP contribution >= 0.6 is 11.3 Å². The zero-order valence-electron chi connectivity index (χ0n) is 10.5. The van der Waals surface area contributed by atoms with Crippen LogP contribution in [0.5, 0.6) is 0 Å². The summed E-state index contributed by atoms with van der Waals surface area (Å²) in [7, 11) is 0. The maximum atomic E-state index is 12.0. The summed E-state index contributed by atoms with van der Waals surface area (Å²) >= 11 is 1.52. The first-order valence-corrected chi connectivity index (χ1v) is 6.97. The Labute approximate surface area is 110 Å². The van der Waals surface area contributed by atoms with Gasteiger partial charge in [-0.1, -0.05) is 6.07 Å². The minimum Gasteiger partial charge on any atom is -0.481 e. The minimum atomic E-state index is -0.813. The van der Waals surface area contributed by atoms with Crippen molar-refractivity contribution in [1.82, 2.24) is 4.90 Å². The highest BCUT2D eigenvalue weighted by Crippen LogP contribution is 2.39. The fourth-order valence-corrected chi connectivity index (χ4v) is 3.47. The van der Waals surface area contributed by atoms with Crippen molar-refractivity contribution in [1.29, 1.82) is 0 Å². The number of aliphatic carboxylic acids is 1. The molecule has 98 valence electrons. The van der Waals surface area contributed by atoms with Gasteiger partial charge in [-0.15, -0.1) is 11.3 Å². The monoisotopic (exact) mass is 267 g/mol. The molecule has 0 aromatic carbocycles. The second kappa shape index (κ2) is 5.10. The molecule has 1 N–H and O–H groups in total. The van der Waals surface area contributed by atoms with Gasteiger partial charge in [-0.05, 0) is 31.7 Å². The van der Waals surface area contributed by atoms with Crippen molar-refractivity contribution < 1.29 is 14.7 Å². The number of amides is 1. The van der Waals surface area contributed by atoms with Gasteiger partial charge in [0.1, 0.15) is 0 Å². The van der Waals surface area contributed by atoms with Gasteiger partial charge >= 0.3 is 5.97 Å². The fourth-order valence-electron chi connectivity index (χ4n) is 2.58. The van der Waals surface area contributed by atoms with Gasteiger partial charge < -0.3 is 10.0 Å². The summed E-state index contributed by atoms with van der Waals surface area (Å²) < 4.78 is 0. The van der Waals surface area contributed by atoms with E-state index in [0.29, 0.717) is 12.8 Å². The lowest BCUT2D eigenvalue weighted by molar-refractivity contribution is -0.153. The van der Waals surface area contributed by atoms with E-state index in [1.165, 1.54) is 11.3 Å². The van der Waals surface area contributed by atoms with Crippen LogP contribution in [0, 0.1) is 5.92 Å². The number of carboxylic acid groups (broad SMARTS) is 1. The Morgan fingerprint density at radius 2 is 2.28 bits per heavy atom. The van der Waals surface area contributed by atoms with Gasteiger partial charge in [0.25, 0.3) is 0 Å². The van der Waals surface area contributed by atoms with E-state index in [1.807, 2.05) is 31.4 Å². The maximum Gasteiger partial charge on any atom is 0.308 e. The molecule has 0 saturated carbocycles. The molecule has 1 aromatic heterocycles. The number of thiophene rings is 1. The molecule has 4 nitrogen and oxygen atoms in total. The SMILES string of the molecule is CC(C)N1C(=O)CCC(C(=O)O)C1c1cccs1. The van der Waals surface area contributed by atoms with E-state index in [1.54, 1.807) is 4.90 Å². The van der Waals surface area contributed by atoms with E-state index in [4.69, 9.17) is 0 Å². The fraction of sp³-hybridized carbons (Fsp3) is 0.538. The molecule has 1 aliphatic heterocycles. The van der Waals surface area contributed by atoms with Crippen molar-refractivity contribution in [2.75, 3.05) is 0 Å². The highest BCUT2D eigenvalue weighted by Gasteiger charge is 2.42. The van der Waals surface area contributed by atoms with Crippen LogP contribution in [0.2, 0.25) is 0 Å².